The number of carbonyl (C=O) groups excluding carboxylic acids is 2. The van der Waals surface area contributed by atoms with Gasteiger partial charge in [-0.1, -0.05) is 34.5 Å². The Kier molecular flexibility index (Phi) is 9.43. The highest BCUT2D eigenvalue weighted by Crippen LogP contribution is 2.12. The molecule has 1 aromatic rings. The molecule has 9 heteroatoms. The Hall–Kier alpha value is -1.58. The Labute approximate surface area is 155 Å². The summed E-state index contributed by atoms with van der Waals surface area (Å²) < 4.78 is 1.99. The molecule has 0 aliphatic rings. The van der Waals surface area contributed by atoms with Crippen LogP contribution >= 0.6 is 28.7 Å². The maximum Gasteiger partial charge on any atom is 0.252 e. The van der Waals surface area contributed by atoms with Crippen molar-refractivity contribution in [1.29, 1.82) is 0 Å². The van der Waals surface area contributed by atoms with Crippen LogP contribution in [0.2, 0.25) is 0 Å². The predicted molar refractivity (Wildman–Crippen MR) is 98.3 cm³/mol. The number of nitrogens with one attached hydrogen (secondary N) is 2. The van der Waals surface area contributed by atoms with Crippen molar-refractivity contribution in [3.8, 4) is 0 Å². The zero-order valence-electron chi connectivity index (χ0n) is 13.3. The minimum absolute atomic E-state index is 0.212. The predicted octanol–water partition coefficient (Wildman–Crippen LogP) is 2.81. The zero-order chi connectivity index (χ0) is 17.9. The Bertz CT molecular complexity index is 598. The van der Waals surface area contributed by atoms with Gasteiger partial charge in [-0.3, -0.25) is 14.8 Å². The van der Waals surface area contributed by atoms with Crippen LogP contribution in [0.15, 0.2) is 33.8 Å². The molecule has 0 atom stereocenters. The quantitative estimate of drug-likeness (QED) is 0.163. The van der Waals surface area contributed by atoms with Gasteiger partial charge in [0.15, 0.2) is 0 Å². The van der Waals surface area contributed by atoms with Crippen LogP contribution in [-0.4, -0.2) is 27.1 Å². The average molecular weight is 417 g/mol. The molecule has 0 aliphatic carbocycles. The van der Waals surface area contributed by atoms with Crippen LogP contribution in [-0.2, 0) is 9.59 Å². The van der Waals surface area contributed by atoms with Gasteiger partial charge in [0.25, 0.3) is 5.91 Å². The van der Waals surface area contributed by atoms with Gasteiger partial charge >= 0.3 is 0 Å². The molecule has 0 aliphatic heterocycles. The van der Waals surface area contributed by atoms with Crippen LogP contribution in [0.3, 0.4) is 0 Å². The lowest BCUT2D eigenvalue weighted by Gasteiger charge is -2.14. The number of nitrogens with zero attached hydrogens (tertiary/aromatic N) is 2. The van der Waals surface area contributed by atoms with Gasteiger partial charge < -0.3 is 0 Å². The number of benzene rings is 1. The van der Waals surface area contributed by atoms with Gasteiger partial charge in [-0.05, 0) is 50.3 Å². The van der Waals surface area contributed by atoms with Crippen LogP contribution in [0.4, 0.5) is 0 Å². The first-order valence-corrected chi connectivity index (χ1v) is 8.64. The maximum absolute atomic E-state index is 11.9. The number of rotatable bonds is 9. The fourth-order valence-electron chi connectivity index (χ4n) is 1.86. The number of unbranched alkanes of at least 4 members (excludes halogenated alkanes) is 2. The van der Waals surface area contributed by atoms with Crippen molar-refractivity contribution in [2.75, 3.05) is 0 Å². The van der Waals surface area contributed by atoms with Gasteiger partial charge in [0.1, 0.15) is 0 Å². The third kappa shape index (κ3) is 7.80. The van der Waals surface area contributed by atoms with E-state index >= 15 is 0 Å². The number of carbonyl (C=O) groups is 2. The number of hydrazone groups is 1. The lowest BCUT2D eigenvalue weighted by Crippen LogP contribution is -2.32. The number of thiol groups is 1. The van der Waals surface area contributed by atoms with Crippen molar-refractivity contribution in [3.63, 3.8) is 0 Å². The molecule has 3 N–H and O–H groups in total. The molecule has 24 heavy (non-hydrogen) atoms. The molecule has 1 aromatic carbocycles. The fraction of sp³-hybridized carbons (Fsp3) is 0.400. The van der Waals surface area contributed by atoms with Gasteiger partial charge in [0.2, 0.25) is 5.91 Å². The molecule has 0 unspecified atom stereocenters. The third-order valence-electron chi connectivity index (χ3n) is 3.21. The van der Waals surface area contributed by atoms with Gasteiger partial charge in [-0.25, -0.2) is 11.0 Å². The topological polar surface area (TPSA) is 94.0 Å². The van der Waals surface area contributed by atoms with Gasteiger partial charge in [-0.15, -0.1) is 0 Å². The summed E-state index contributed by atoms with van der Waals surface area (Å²) in [6, 6.07) is 7.66. The van der Waals surface area contributed by atoms with Crippen LogP contribution < -0.4 is 11.0 Å². The average Bonchev–Trinajstić information content (AvgIpc) is 2.58. The molecule has 0 saturated heterocycles. The molecule has 0 spiro atoms. The fourth-order valence-corrected chi connectivity index (χ4v) is 2.40. The van der Waals surface area contributed by atoms with E-state index in [1.54, 1.807) is 5.48 Å². The Morgan fingerprint density at radius 3 is 2.67 bits per heavy atom. The van der Waals surface area contributed by atoms with Crippen LogP contribution in [0.25, 0.3) is 0 Å². The number of hydrazine groups is 1. The van der Waals surface area contributed by atoms with E-state index in [0.29, 0.717) is 25.7 Å². The molecule has 0 saturated carbocycles. The largest absolute Gasteiger partial charge is 0.289 e. The van der Waals surface area contributed by atoms with E-state index < -0.39 is 5.91 Å². The highest BCUT2D eigenvalue weighted by molar-refractivity contribution is 9.10. The first-order chi connectivity index (χ1) is 11.4. The van der Waals surface area contributed by atoms with Crippen molar-refractivity contribution >= 4 is 46.3 Å². The van der Waals surface area contributed by atoms with E-state index in [2.05, 4.69) is 39.4 Å². The SMILES string of the molecule is C/C(=N\NN(S)C(=O)CCCCCC(=O)NO)c1cccc(Br)c1. The van der Waals surface area contributed by atoms with Crippen LogP contribution in [0.5, 0.6) is 0 Å². The second-order valence-electron chi connectivity index (χ2n) is 5.11. The van der Waals surface area contributed by atoms with Gasteiger partial charge in [0, 0.05) is 17.3 Å². The summed E-state index contributed by atoms with van der Waals surface area (Å²) in [5.41, 5.74) is 5.81. The second kappa shape index (κ2) is 11.1. The molecule has 0 heterocycles. The molecule has 0 radical (unpaired) electrons. The first-order valence-electron chi connectivity index (χ1n) is 7.44. The summed E-state index contributed by atoms with van der Waals surface area (Å²) in [7, 11) is 0. The van der Waals surface area contributed by atoms with E-state index in [4.69, 9.17) is 5.21 Å². The van der Waals surface area contributed by atoms with Crippen molar-refractivity contribution in [2.24, 2.45) is 5.10 Å². The number of hydroxylamine groups is 1. The van der Waals surface area contributed by atoms with Crippen molar-refractivity contribution in [1.82, 2.24) is 15.4 Å². The highest BCUT2D eigenvalue weighted by atomic mass is 79.9. The molecule has 1 rings (SSSR count). The molecule has 7 nitrogen and oxygen atoms in total. The van der Waals surface area contributed by atoms with E-state index in [1.807, 2.05) is 31.2 Å². The van der Waals surface area contributed by atoms with Crippen molar-refractivity contribution in [3.05, 3.63) is 34.3 Å². The van der Waals surface area contributed by atoms with Crippen molar-refractivity contribution < 1.29 is 14.8 Å². The lowest BCUT2D eigenvalue weighted by atomic mass is 10.1. The van der Waals surface area contributed by atoms with Gasteiger partial charge in [-0.2, -0.15) is 9.52 Å². The molecule has 2 amide bonds. The molecule has 0 fully saturated rings. The molecular weight excluding hydrogens is 396 g/mol. The zero-order valence-corrected chi connectivity index (χ0v) is 15.8. The summed E-state index contributed by atoms with van der Waals surface area (Å²) >= 11 is 7.46. The Morgan fingerprint density at radius 1 is 1.29 bits per heavy atom. The normalized spacial score (nSPS) is 11.1. The van der Waals surface area contributed by atoms with Crippen molar-refractivity contribution in [2.45, 2.75) is 39.0 Å². The summed E-state index contributed by atoms with van der Waals surface area (Å²) in [4.78, 5) is 22.7. The lowest BCUT2D eigenvalue weighted by molar-refractivity contribution is -0.129. The Balaban J connectivity index is 2.33. The molecule has 0 aromatic heterocycles. The molecule has 132 valence electrons. The summed E-state index contributed by atoms with van der Waals surface area (Å²) in [5, 5.41) is 12.5. The third-order valence-corrected chi connectivity index (χ3v) is 4.02. The summed E-state index contributed by atoms with van der Waals surface area (Å²) in [5.74, 6) is -0.632. The smallest absolute Gasteiger partial charge is 0.252 e. The standard InChI is InChI=1S/C15H21BrN4O3S/c1-11(12-6-5-7-13(16)10-12)17-19-20(24)15(22)9-4-2-3-8-14(21)18-23/h5-7,10,19,23-24H,2-4,8-9H2,1H3,(H,18,21)/b17-11+. The first kappa shape index (κ1) is 20.5. The van der Waals surface area contributed by atoms with Crippen LogP contribution in [0.1, 0.15) is 44.6 Å². The van der Waals surface area contributed by atoms with E-state index in [0.717, 1.165) is 20.2 Å². The monoisotopic (exact) mass is 416 g/mol. The minimum Gasteiger partial charge on any atom is -0.289 e. The minimum atomic E-state index is -0.420. The van der Waals surface area contributed by atoms with E-state index in [-0.39, 0.29) is 12.3 Å². The highest BCUT2D eigenvalue weighted by Gasteiger charge is 2.09. The number of amides is 2. The van der Waals surface area contributed by atoms with E-state index in [1.165, 1.54) is 0 Å². The molecular formula is C15H21BrN4O3S. The van der Waals surface area contributed by atoms with E-state index in [9.17, 15) is 9.59 Å². The number of halogens is 1. The molecule has 0 bridgehead atoms. The maximum atomic E-state index is 11.9. The number of hydrogen-bond acceptors (Lipinski definition) is 6. The summed E-state index contributed by atoms with van der Waals surface area (Å²) in [6.45, 7) is 1.83. The Morgan fingerprint density at radius 2 is 2.00 bits per heavy atom. The number of hydrogen-bond donors (Lipinski definition) is 4. The second-order valence-corrected chi connectivity index (χ2v) is 6.42. The van der Waals surface area contributed by atoms with Crippen LogP contribution in [0, 0.1) is 0 Å². The summed E-state index contributed by atoms with van der Waals surface area (Å²) in [6.07, 6.45) is 2.48. The van der Waals surface area contributed by atoms with Gasteiger partial charge in [0.05, 0.1) is 5.71 Å².